The zero-order valence-corrected chi connectivity index (χ0v) is 13.0. The maximum absolute atomic E-state index is 6.08. The lowest BCUT2D eigenvalue weighted by atomic mass is 10.1. The SMILES string of the molecule is CC1NC(c2ccc(CNC3CCC(Cl)CN3)cc2)NO1. The molecule has 2 heterocycles. The largest absolute Gasteiger partial charge is 0.300 e. The van der Waals surface area contributed by atoms with Gasteiger partial charge in [0.2, 0.25) is 0 Å². The zero-order valence-electron chi connectivity index (χ0n) is 12.2. The summed E-state index contributed by atoms with van der Waals surface area (Å²) in [6.45, 7) is 3.73. The molecule has 3 rings (SSSR count). The minimum Gasteiger partial charge on any atom is -0.300 e. The van der Waals surface area contributed by atoms with E-state index >= 15 is 0 Å². The van der Waals surface area contributed by atoms with Crippen LogP contribution in [0.1, 0.15) is 37.1 Å². The van der Waals surface area contributed by atoms with Crippen LogP contribution in [0.15, 0.2) is 24.3 Å². The predicted molar refractivity (Wildman–Crippen MR) is 83.5 cm³/mol. The number of hydroxylamine groups is 1. The number of benzene rings is 1. The molecule has 5 nitrogen and oxygen atoms in total. The van der Waals surface area contributed by atoms with Crippen LogP contribution in [0, 0.1) is 0 Å². The molecule has 0 amide bonds. The highest BCUT2D eigenvalue weighted by atomic mass is 35.5. The second kappa shape index (κ2) is 7.05. The van der Waals surface area contributed by atoms with Gasteiger partial charge in [-0.05, 0) is 30.9 Å². The first-order valence-corrected chi connectivity index (χ1v) is 8.01. The Kier molecular flexibility index (Phi) is 5.11. The molecule has 0 bridgehead atoms. The molecule has 0 aromatic heterocycles. The van der Waals surface area contributed by atoms with Crippen molar-refractivity contribution in [1.29, 1.82) is 0 Å². The Bertz CT molecular complexity index is 447. The third-order valence-corrected chi connectivity index (χ3v) is 4.36. The van der Waals surface area contributed by atoms with Crippen molar-refractivity contribution < 1.29 is 4.84 Å². The van der Waals surface area contributed by atoms with E-state index < -0.39 is 0 Å². The van der Waals surface area contributed by atoms with Crippen molar-refractivity contribution in [1.82, 2.24) is 21.4 Å². The minimum absolute atomic E-state index is 0.0412. The van der Waals surface area contributed by atoms with Gasteiger partial charge in [0.05, 0.1) is 6.17 Å². The van der Waals surface area contributed by atoms with Gasteiger partial charge in [-0.15, -0.1) is 11.6 Å². The average molecular weight is 311 g/mol. The highest BCUT2D eigenvalue weighted by Gasteiger charge is 2.21. The first-order valence-electron chi connectivity index (χ1n) is 7.57. The fourth-order valence-corrected chi connectivity index (χ4v) is 2.92. The van der Waals surface area contributed by atoms with Crippen molar-refractivity contribution in [2.45, 2.75) is 50.2 Å². The van der Waals surface area contributed by atoms with Gasteiger partial charge in [0, 0.05) is 18.5 Å². The molecular weight excluding hydrogens is 288 g/mol. The van der Waals surface area contributed by atoms with Gasteiger partial charge >= 0.3 is 0 Å². The normalized spacial score (nSPS) is 33.2. The maximum Gasteiger partial charge on any atom is 0.128 e. The Morgan fingerprint density at radius 2 is 2.10 bits per heavy atom. The Balaban J connectivity index is 1.48. The fourth-order valence-electron chi connectivity index (χ4n) is 2.70. The van der Waals surface area contributed by atoms with Gasteiger partial charge in [0.1, 0.15) is 12.4 Å². The van der Waals surface area contributed by atoms with Crippen molar-refractivity contribution >= 4 is 11.6 Å². The van der Waals surface area contributed by atoms with Crippen molar-refractivity contribution in [3.05, 3.63) is 35.4 Å². The smallest absolute Gasteiger partial charge is 0.128 e. The van der Waals surface area contributed by atoms with Gasteiger partial charge in [0.15, 0.2) is 0 Å². The van der Waals surface area contributed by atoms with Gasteiger partial charge in [0.25, 0.3) is 0 Å². The van der Waals surface area contributed by atoms with Crippen LogP contribution in [-0.2, 0) is 11.4 Å². The second-order valence-corrected chi connectivity index (χ2v) is 6.35. The lowest BCUT2D eigenvalue weighted by Crippen LogP contribution is -2.48. The minimum atomic E-state index is 0.0412. The summed E-state index contributed by atoms with van der Waals surface area (Å²) in [4.78, 5) is 5.29. The average Bonchev–Trinajstić information content (AvgIpc) is 2.94. The predicted octanol–water partition coefficient (Wildman–Crippen LogP) is 1.56. The Morgan fingerprint density at radius 3 is 2.71 bits per heavy atom. The molecule has 0 aliphatic carbocycles. The van der Waals surface area contributed by atoms with Crippen LogP contribution in [0.3, 0.4) is 0 Å². The van der Waals surface area contributed by atoms with Crippen LogP contribution in [0.5, 0.6) is 0 Å². The van der Waals surface area contributed by atoms with Crippen LogP contribution in [0.4, 0.5) is 0 Å². The van der Waals surface area contributed by atoms with Crippen molar-refractivity contribution in [3.63, 3.8) is 0 Å². The third kappa shape index (κ3) is 4.16. The highest BCUT2D eigenvalue weighted by molar-refractivity contribution is 6.20. The van der Waals surface area contributed by atoms with Gasteiger partial charge in [-0.3, -0.25) is 15.5 Å². The van der Waals surface area contributed by atoms with E-state index in [9.17, 15) is 0 Å². The molecule has 4 atom stereocenters. The summed E-state index contributed by atoms with van der Waals surface area (Å²) in [6, 6.07) is 8.57. The van der Waals surface area contributed by atoms with E-state index in [1.54, 1.807) is 0 Å². The van der Waals surface area contributed by atoms with Crippen LogP contribution in [0.25, 0.3) is 0 Å². The van der Waals surface area contributed by atoms with Gasteiger partial charge in [-0.2, -0.15) is 5.48 Å². The first kappa shape index (κ1) is 15.2. The first-order chi connectivity index (χ1) is 10.2. The molecule has 4 unspecified atom stereocenters. The summed E-state index contributed by atoms with van der Waals surface area (Å²) < 4.78 is 0. The lowest BCUT2D eigenvalue weighted by Gasteiger charge is -2.27. The molecule has 2 saturated heterocycles. The van der Waals surface area contributed by atoms with Crippen molar-refractivity contribution in [2.24, 2.45) is 0 Å². The summed E-state index contributed by atoms with van der Waals surface area (Å²) in [6.07, 6.45) is 2.63. The topological polar surface area (TPSA) is 57.3 Å². The van der Waals surface area contributed by atoms with Gasteiger partial charge in [-0.1, -0.05) is 24.3 Å². The Morgan fingerprint density at radius 1 is 1.29 bits per heavy atom. The van der Waals surface area contributed by atoms with Crippen LogP contribution in [0.2, 0.25) is 0 Å². The molecule has 2 aliphatic rings. The molecule has 2 fully saturated rings. The molecule has 1 aromatic carbocycles. The Hall–Kier alpha value is -0.690. The van der Waals surface area contributed by atoms with Crippen LogP contribution >= 0.6 is 11.6 Å². The molecule has 0 saturated carbocycles. The van der Waals surface area contributed by atoms with E-state index in [0.29, 0.717) is 6.17 Å². The quantitative estimate of drug-likeness (QED) is 0.636. The molecule has 116 valence electrons. The number of rotatable bonds is 4. The number of alkyl halides is 1. The van der Waals surface area contributed by atoms with Crippen molar-refractivity contribution in [2.75, 3.05) is 6.54 Å². The number of piperidine rings is 1. The second-order valence-electron chi connectivity index (χ2n) is 5.74. The summed E-state index contributed by atoms with van der Waals surface area (Å²) in [5.74, 6) is 0. The molecule has 6 heteroatoms. The Labute approximate surface area is 130 Å². The lowest BCUT2D eigenvalue weighted by molar-refractivity contribution is 0.0329. The number of hydrogen-bond donors (Lipinski definition) is 4. The summed E-state index contributed by atoms with van der Waals surface area (Å²) in [5.41, 5.74) is 5.44. The number of hydrogen-bond acceptors (Lipinski definition) is 5. The molecule has 0 radical (unpaired) electrons. The van der Waals surface area contributed by atoms with E-state index in [2.05, 4.69) is 45.7 Å². The summed E-state index contributed by atoms with van der Waals surface area (Å²) in [5, 5.41) is 10.5. The van der Waals surface area contributed by atoms with E-state index in [1.807, 2.05) is 6.92 Å². The summed E-state index contributed by atoms with van der Waals surface area (Å²) >= 11 is 6.08. The standard InChI is InChI=1S/C15H23ClN4O/c1-10-19-15(20-21-10)12-4-2-11(3-5-12)8-17-14-7-6-13(16)9-18-14/h2-5,10,13-15,17-20H,6-9H2,1H3. The van der Waals surface area contributed by atoms with E-state index in [-0.39, 0.29) is 17.8 Å². The zero-order chi connectivity index (χ0) is 14.7. The van der Waals surface area contributed by atoms with E-state index in [4.69, 9.17) is 16.4 Å². The molecule has 21 heavy (non-hydrogen) atoms. The van der Waals surface area contributed by atoms with E-state index in [0.717, 1.165) is 25.9 Å². The molecule has 0 spiro atoms. The van der Waals surface area contributed by atoms with Crippen LogP contribution in [-0.4, -0.2) is 24.3 Å². The number of nitrogens with one attached hydrogen (secondary N) is 4. The van der Waals surface area contributed by atoms with Crippen LogP contribution < -0.4 is 21.4 Å². The monoisotopic (exact) mass is 310 g/mol. The highest BCUT2D eigenvalue weighted by Crippen LogP contribution is 2.17. The van der Waals surface area contributed by atoms with Gasteiger partial charge < -0.3 is 5.32 Å². The van der Waals surface area contributed by atoms with Gasteiger partial charge in [-0.25, -0.2) is 0 Å². The molecule has 1 aromatic rings. The molecular formula is C15H23ClN4O. The maximum atomic E-state index is 6.08. The summed E-state index contributed by atoms with van der Waals surface area (Å²) in [7, 11) is 0. The third-order valence-electron chi connectivity index (χ3n) is 3.98. The molecule has 2 aliphatic heterocycles. The molecule has 4 N–H and O–H groups in total. The fraction of sp³-hybridized carbons (Fsp3) is 0.600. The number of halogens is 1. The van der Waals surface area contributed by atoms with Crippen molar-refractivity contribution in [3.8, 4) is 0 Å². The van der Waals surface area contributed by atoms with E-state index in [1.165, 1.54) is 11.1 Å².